The lowest BCUT2D eigenvalue weighted by Gasteiger charge is -2.23. The first kappa shape index (κ1) is 20.2. The highest BCUT2D eigenvalue weighted by Crippen LogP contribution is 2.20. The Balaban J connectivity index is 1.97. The van der Waals surface area contributed by atoms with Crippen LogP contribution in [0.5, 0.6) is 0 Å². The van der Waals surface area contributed by atoms with Crippen molar-refractivity contribution in [3.05, 3.63) is 51.7 Å². The van der Waals surface area contributed by atoms with Gasteiger partial charge in [-0.05, 0) is 31.9 Å². The Bertz CT molecular complexity index is 904. The molecule has 28 heavy (non-hydrogen) atoms. The van der Waals surface area contributed by atoms with E-state index in [1.54, 1.807) is 19.1 Å². The van der Waals surface area contributed by atoms with E-state index >= 15 is 0 Å². The molecule has 1 aromatic heterocycles. The normalized spacial score (nSPS) is 14.8. The third-order valence-corrected chi connectivity index (χ3v) is 5.19. The van der Waals surface area contributed by atoms with Crippen LogP contribution in [0, 0.1) is 12.7 Å². The molecule has 0 atom stereocenters. The first-order chi connectivity index (χ1) is 13.5. The monoisotopic (exact) mass is 387 g/mol. The molecule has 2 N–H and O–H groups in total. The van der Waals surface area contributed by atoms with Crippen LogP contribution in [0.4, 0.5) is 4.39 Å². The molecular formula is C21H26FN3O3. The molecule has 2 aromatic rings. The number of halogens is 1. The molecule has 1 aliphatic carbocycles. The predicted molar refractivity (Wildman–Crippen MR) is 104 cm³/mol. The van der Waals surface area contributed by atoms with Crippen molar-refractivity contribution >= 4 is 5.91 Å². The molecule has 3 rings (SSSR count). The molecule has 0 saturated heterocycles. The Morgan fingerprint density at radius 2 is 2.07 bits per heavy atom. The highest BCUT2D eigenvalue weighted by molar-refractivity contribution is 5.77. The van der Waals surface area contributed by atoms with Gasteiger partial charge in [0.2, 0.25) is 5.91 Å². The summed E-state index contributed by atoms with van der Waals surface area (Å²) in [5, 5.41) is 12.3. The minimum Gasteiger partial charge on any atom is -0.396 e. The van der Waals surface area contributed by atoms with Gasteiger partial charge in [0.25, 0.3) is 5.56 Å². The fourth-order valence-electron chi connectivity index (χ4n) is 3.76. The number of aliphatic hydroxyl groups excluding tert-OH is 1. The summed E-state index contributed by atoms with van der Waals surface area (Å²) in [6.45, 7) is 1.31. The van der Waals surface area contributed by atoms with Gasteiger partial charge in [-0.3, -0.25) is 14.2 Å². The Hall–Kier alpha value is -2.54. The van der Waals surface area contributed by atoms with Crippen molar-refractivity contribution < 1.29 is 14.3 Å². The summed E-state index contributed by atoms with van der Waals surface area (Å²) < 4.78 is 15.0. The summed E-state index contributed by atoms with van der Waals surface area (Å²) in [6.07, 6.45) is 5.41. The van der Waals surface area contributed by atoms with E-state index in [1.165, 1.54) is 23.1 Å². The van der Waals surface area contributed by atoms with Gasteiger partial charge in [-0.2, -0.15) is 0 Å². The number of hydrogen-bond donors (Lipinski definition) is 2. The molecule has 0 bridgehead atoms. The number of rotatable bonds is 6. The second-order valence-corrected chi connectivity index (χ2v) is 7.28. The molecule has 1 fully saturated rings. The second kappa shape index (κ2) is 9.10. The highest BCUT2D eigenvalue weighted by atomic mass is 19.1. The number of carbonyl (C=O) groups excluding carboxylic acids is 1. The smallest absolute Gasteiger partial charge is 0.257 e. The summed E-state index contributed by atoms with van der Waals surface area (Å²) >= 11 is 0. The lowest BCUT2D eigenvalue weighted by molar-refractivity contribution is -0.122. The first-order valence-corrected chi connectivity index (χ1v) is 9.76. The largest absolute Gasteiger partial charge is 0.396 e. The molecular weight excluding hydrogens is 361 g/mol. The van der Waals surface area contributed by atoms with Gasteiger partial charge in [0.1, 0.15) is 18.2 Å². The van der Waals surface area contributed by atoms with Crippen molar-refractivity contribution in [3.8, 4) is 11.4 Å². The van der Waals surface area contributed by atoms with Gasteiger partial charge in [0.15, 0.2) is 0 Å². The third kappa shape index (κ3) is 4.65. The fourth-order valence-corrected chi connectivity index (χ4v) is 3.76. The van der Waals surface area contributed by atoms with Gasteiger partial charge in [0, 0.05) is 35.9 Å². The van der Waals surface area contributed by atoms with Gasteiger partial charge >= 0.3 is 0 Å². The van der Waals surface area contributed by atoms with Crippen molar-refractivity contribution in [1.29, 1.82) is 0 Å². The molecule has 1 aliphatic rings. The van der Waals surface area contributed by atoms with Crippen molar-refractivity contribution in [2.75, 3.05) is 6.61 Å². The Labute approximate surface area is 163 Å². The minimum absolute atomic E-state index is 0.130. The molecule has 1 heterocycles. The number of hydrogen-bond acceptors (Lipinski definition) is 4. The van der Waals surface area contributed by atoms with Crippen LogP contribution in [0.3, 0.4) is 0 Å². The number of aromatic nitrogens is 2. The van der Waals surface area contributed by atoms with Crippen molar-refractivity contribution in [2.24, 2.45) is 0 Å². The minimum atomic E-state index is -0.443. The van der Waals surface area contributed by atoms with Crippen molar-refractivity contribution in [1.82, 2.24) is 14.9 Å². The SMILES string of the molecule is Cc1nc(-c2cccc(F)c2)n(CC(=O)NC2CCCCC2)c(=O)c1CCO. The standard InChI is InChI=1S/C21H26FN3O3/c1-14-18(10-11-26)21(28)25(13-19(27)24-17-8-3-2-4-9-17)20(23-14)15-6-5-7-16(22)12-15/h5-7,12,17,26H,2-4,8-11,13H2,1H3,(H,24,27). The predicted octanol–water partition coefficient (Wildman–Crippen LogP) is 2.34. The van der Waals surface area contributed by atoms with Crippen molar-refractivity contribution in [2.45, 2.75) is 58.0 Å². The molecule has 1 aromatic carbocycles. The van der Waals surface area contributed by atoms with Crippen LogP contribution >= 0.6 is 0 Å². The van der Waals surface area contributed by atoms with E-state index in [0.29, 0.717) is 16.8 Å². The van der Waals surface area contributed by atoms with Crippen LogP contribution in [-0.2, 0) is 17.8 Å². The average Bonchev–Trinajstić information content (AvgIpc) is 2.68. The summed E-state index contributed by atoms with van der Waals surface area (Å²) in [5.41, 5.74) is 0.899. The Morgan fingerprint density at radius 1 is 1.32 bits per heavy atom. The van der Waals surface area contributed by atoms with Crippen molar-refractivity contribution in [3.63, 3.8) is 0 Å². The van der Waals surface area contributed by atoms with Gasteiger partial charge in [0.05, 0.1) is 0 Å². The number of nitrogens with zero attached hydrogens (tertiary/aromatic N) is 2. The number of benzene rings is 1. The van der Waals surface area contributed by atoms with Crippen LogP contribution in [0.2, 0.25) is 0 Å². The van der Waals surface area contributed by atoms with Crippen LogP contribution in [0.25, 0.3) is 11.4 Å². The molecule has 0 radical (unpaired) electrons. The quantitative estimate of drug-likeness (QED) is 0.797. The van der Waals surface area contributed by atoms with E-state index in [9.17, 15) is 19.1 Å². The third-order valence-electron chi connectivity index (χ3n) is 5.19. The maximum Gasteiger partial charge on any atom is 0.257 e. The van der Waals surface area contributed by atoms with E-state index < -0.39 is 5.82 Å². The van der Waals surface area contributed by atoms with Crippen LogP contribution in [-0.4, -0.2) is 33.2 Å². The number of nitrogens with one attached hydrogen (secondary N) is 1. The van der Waals surface area contributed by atoms with E-state index in [4.69, 9.17) is 0 Å². The zero-order valence-electron chi connectivity index (χ0n) is 16.1. The van der Waals surface area contributed by atoms with E-state index in [2.05, 4.69) is 10.3 Å². The Kier molecular flexibility index (Phi) is 6.57. The summed E-state index contributed by atoms with van der Waals surface area (Å²) in [5.74, 6) is -0.447. The number of amides is 1. The van der Waals surface area contributed by atoms with Crippen LogP contribution in [0.1, 0.15) is 43.4 Å². The molecule has 7 heteroatoms. The lowest BCUT2D eigenvalue weighted by atomic mass is 9.95. The average molecular weight is 387 g/mol. The van der Waals surface area contributed by atoms with Gasteiger partial charge in [-0.1, -0.05) is 31.4 Å². The summed E-state index contributed by atoms with van der Waals surface area (Å²) in [6, 6.07) is 5.94. The zero-order valence-corrected chi connectivity index (χ0v) is 16.1. The summed E-state index contributed by atoms with van der Waals surface area (Å²) in [7, 11) is 0. The van der Waals surface area contributed by atoms with Crippen LogP contribution < -0.4 is 10.9 Å². The maximum absolute atomic E-state index is 13.7. The van der Waals surface area contributed by atoms with E-state index in [1.807, 2.05) is 0 Å². The maximum atomic E-state index is 13.7. The molecule has 0 aliphatic heterocycles. The van der Waals surface area contributed by atoms with E-state index in [0.717, 1.165) is 25.7 Å². The van der Waals surface area contributed by atoms with Crippen LogP contribution in [0.15, 0.2) is 29.1 Å². The molecule has 1 saturated carbocycles. The molecule has 6 nitrogen and oxygen atoms in total. The van der Waals surface area contributed by atoms with Gasteiger partial charge in [-0.25, -0.2) is 9.37 Å². The van der Waals surface area contributed by atoms with Gasteiger partial charge in [-0.15, -0.1) is 0 Å². The molecule has 0 unspecified atom stereocenters. The fraction of sp³-hybridized carbons (Fsp3) is 0.476. The van der Waals surface area contributed by atoms with E-state index in [-0.39, 0.29) is 42.9 Å². The number of aliphatic hydroxyl groups is 1. The number of aryl methyl sites for hydroxylation is 1. The molecule has 0 spiro atoms. The summed E-state index contributed by atoms with van der Waals surface area (Å²) in [4.78, 5) is 30.1. The van der Waals surface area contributed by atoms with Gasteiger partial charge < -0.3 is 10.4 Å². The topological polar surface area (TPSA) is 84.2 Å². The molecule has 150 valence electrons. The number of carbonyl (C=O) groups is 1. The first-order valence-electron chi connectivity index (χ1n) is 9.76. The zero-order chi connectivity index (χ0) is 20.1. The Morgan fingerprint density at radius 3 is 2.75 bits per heavy atom. The molecule has 1 amide bonds. The lowest BCUT2D eigenvalue weighted by Crippen LogP contribution is -2.41. The second-order valence-electron chi connectivity index (χ2n) is 7.28. The highest BCUT2D eigenvalue weighted by Gasteiger charge is 2.20.